The molecule has 5 nitrogen and oxygen atoms in total. The van der Waals surface area contributed by atoms with Gasteiger partial charge in [-0.3, -0.25) is 10.6 Å². The minimum Gasteiger partial charge on any atom is -0.385 e. The van der Waals surface area contributed by atoms with E-state index in [1.807, 2.05) is 0 Å². The van der Waals surface area contributed by atoms with Crippen molar-refractivity contribution in [1.82, 2.24) is 5.32 Å². The van der Waals surface area contributed by atoms with Crippen LogP contribution in [0.15, 0.2) is 24.3 Å². The molecule has 1 aromatic carbocycles. The second-order valence-corrected chi connectivity index (χ2v) is 3.68. The van der Waals surface area contributed by atoms with Crippen LogP contribution in [-0.4, -0.2) is 26.2 Å². The number of carbonyl (C=O) groups excluding carboxylic acids is 1. The van der Waals surface area contributed by atoms with Crippen molar-refractivity contribution in [3.63, 3.8) is 0 Å². The molecule has 0 fully saturated rings. The third-order valence-corrected chi connectivity index (χ3v) is 2.37. The van der Waals surface area contributed by atoms with Gasteiger partial charge in [-0.15, -0.1) is 0 Å². The van der Waals surface area contributed by atoms with E-state index in [-0.39, 0.29) is 5.91 Å². The van der Waals surface area contributed by atoms with Crippen LogP contribution in [0.4, 0.5) is 5.69 Å². The van der Waals surface area contributed by atoms with Crippen LogP contribution in [0, 0.1) is 0 Å². The van der Waals surface area contributed by atoms with Crippen LogP contribution in [-0.2, 0) is 4.74 Å². The lowest BCUT2D eigenvalue weighted by Crippen LogP contribution is -2.24. The molecule has 17 heavy (non-hydrogen) atoms. The number of nitrogens with one attached hydrogen (secondary N) is 2. The SMILES string of the molecule is COCCCCNC(=O)c1ccc(NN)cc1. The number of rotatable bonds is 7. The molecular weight excluding hydrogens is 218 g/mol. The molecule has 94 valence electrons. The molecule has 0 aliphatic heterocycles. The Balaban J connectivity index is 2.31. The van der Waals surface area contributed by atoms with Gasteiger partial charge in [0.2, 0.25) is 0 Å². The zero-order valence-electron chi connectivity index (χ0n) is 10.0. The van der Waals surface area contributed by atoms with Gasteiger partial charge in [0.1, 0.15) is 0 Å². The first-order valence-corrected chi connectivity index (χ1v) is 5.61. The number of unbranched alkanes of at least 4 members (excludes halogenated alkanes) is 1. The summed E-state index contributed by atoms with van der Waals surface area (Å²) in [5.41, 5.74) is 3.93. The van der Waals surface area contributed by atoms with E-state index in [9.17, 15) is 4.79 Å². The van der Waals surface area contributed by atoms with E-state index < -0.39 is 0 Å². The highest BCUT2D eigenvalue weighted by Gasteiger charge is 2.03. The number of nitrogens with two attached hydrogens (primary N) is 1. The van der Waals surface area contributed by atoms with E-state index in [1.54, 1.807) is 31.4 Å². The van der Waals surface area contributed by atoms with Crippen LogP contribution in [0.3, 0.4) is 0 Å². The number of hydrazine groups is 1. The topological polar surface area (TPSA) is 76.4 Å². The van der Waals surface area contributed by atoms with Crippen LogP contribution >= 0.6 is 0 Å². The number of methoxy groups -OCH3 is 1. The van der Waals surface area contributed by atoms with Crippen molar-refractivity contribution in [3.05, 3.63) is 29.8 Å². The van der Waals surface area contributed by atoms with Crippen molar-refractivity contribution in [2.24, 2.45) is 5.84 Å². The molecule has 0 aliphatic rings. The summed E-state index contributed by atoms with van der Waals surface area (Å²) in [4.78, 5) is 11.7. The molecule has 1 rings (SSSR count). The van der Waals surface area contributed by atoms with Gasteiger partial charge in [0, 0.05) is 31.5 Å². The first-order valence-electron chi connectivity index (χ1n) is 5.61. The minimum atomic E-state index is -0.0639. The van der Waals surface area contributed by atoms with E-state index in [4.69, 9.17) is 10.6 Å². The molecule has 0 heterocycles. The predicted octanol–water partition coefficient (Wildman–Crippen LogP) is 1.13. The second-order valence-electron chi connectivity index (χ2n) is 3.68. The van der Waals surface area contributed by atoms with Crippen LogP contribution < -0.4 is 16.6 Å². The van der Waals surface area contributed by atoms with Gasteiger partial charge in [-0.05, 0) is 37.1 Å². The van der Waals surface area contributed by atoms with E-state index >= 15 is 0 Å². The fourth-order valence-electron chi connectivity index (χ4n) is 1.39. The Morgan fingerprint density at radius 3 is 2.59 bits per heavy atom. The van der Waals surface area contributed by atoms with E-state index in [2.05, 4.69) is 10.7 Å². The molecule has 0 bridgehead atoms. The lowest BCUT2D eigenvalue weighted by molar-refractivity contribution is 0.0951. The van der Waals surface area contributed by atoms with E-state index in [0.717, 1.165) is 25.1 Å². The third kappa shape index (κ3) is 4.84. The summed E-state index contributed by atoms with van der Waals surface area (Å²) in [6.07, 6.45) is 1.87. The molecule has 0 aromatic heterocycles. The standard InChI is InChI=1S/C12H19N3O2/c1-17-9-3-2-8-14-12(16)10-4-6-11(15-13)7-5-10/h4-7,15H,2-3,8-9,13H2,1H3,(H,14,16). The first-order chi connectivity index (χ1) is 8.27. The fourth-order valence-corrected chi connectivity index (χ4v) is 1.39. The molecule has 0 saturated heterocycles. The fraction of sp³-hybridized carbons (Fsp3) is 0.417. The number of hydrogen-bond donors (Lipinski definition) is 3. The van der Waals surface area contributed by atoms with Gasteiger partial charge in [-0.1, -0.05) is 0 Å². The average Bonchev–Trinajstić information content (AvgIpc) is 2.38. The molecule has 4 N–H and O–H groups in total. The third-order valence-electron chi connectivity index (χ3n) is 2.37. The van der Waals surface area contributed by atoms with Crippen molar-refractivity contribution < 1.29 is 9.53 Å². The average molecular weight is 237 g/mol. The van der Waals surface area contributed by atoms with Gasteiger partial charge in [0.15, 0.2) is 0 Å². The summed E-state index contributed by atoms with van der Waals surface area (Å²) in [6, 6.07) is 7.00. The Kier molecular flexibility index (Phi) is 6.06. The second kappa shape index (κ2) is 7.65. The van der Waals surface area contributed by atoms with Crippen molar-refractivity contribution in [3.8, 4) is 0 Å². The van der Waals surface area contributed by atoms with Gasteiger partial charge < -0.3 is 15.5 Å². The van der Waals surface area contributed by atoms with E-state index in [0.29, 0.717) is 12.1 Å². The predicted molar refractivity (Wildman–Crippen MR) is 67.7 cm³/mol. The lowest BCUT2D eigenvalue weighted by Gasteiger charge is -2.06. The van der Waals surface area contributed by atoms with Gasteiger partial charge >= 0.3 is 0 Å². The highest BCUT2D eigenvalue weighted by atomic mass is 16.5. The molecule has 1 aromatic rings. The van der Waals surface area contributed by atoms with Crippen molar-refractivity contribution in [2.75, 3.05) is 25.7 Å². The number of hydrogen-bond acceptors (Lipinski definition) is 4. The number of ether oxygens (including phenoxy) is 1. The minimum absolute atomic E-state index is 0.0639. The van der Waals surface area contributed by atoms with Crippen LogP contribution in [0.25, 0.3) is 0 Å². The van der Waals surface area contributed by atoms with Crippen LogP contribution in [0.1, 0.15) is 23.2 Å². The first kappa shape index (κ1) is 13.5. The van der Waals surface area contributed by atoms with Gasteiger partial charge in [0.25, 0.3) is 5.91 Å². The maximum absolute atomic E-state index is 11.7. The van der Waals surface area contributed by atoms with Gasteiger partial charge in [-0.2, -0.15) is 0 Å². The number of benzene rings is 1. The summed E-state index contributed by atoms with van der Waals surface area (Å²) < 4.78 is 4.93. The van der Waals surface area contributed by atoms with Gasteiger partial charge in [-0.25, -0.2) is 0 Å². The maximum Gasteiger partial charge on any atom is 0.251 e. The molecule has 1 amide bonds. The quantitative estimate of drug-likeness (QED) is 0.377. The summed E-state index contributed by atoms with van der Waals surface area (Å²) in [6.45, 7) is 1.39. The molecule has 0 saturated carbocycles. The highest BCUT2D eigenvalue weighted by molar-refractivity contribution is 5.94. The number of nitrogen functional groups attached to an aromatic ring is 1. The van der Waals surface area contributed by atoms with Crippen molar-refractivity contribution >= 4 is 11.6 Å². The molecule has 0 unspecified atom stereocenters. The Bertz CT molecular complexity index is 338. The van der Waals surface area contributed by atoms with Crippen LogP contribution in [0.2, 0.25) is 0 Å². The maximum atomic E-state index is 11.7. The van der Waals surface area contributed by atoms with Crippen molar-refractivity contribution in [2.45, 2.75) is 12.8 Å². The molecule has 0 aliphatic carbocycles. The van der Waals surface area contributed by atoms with Crippen LogP contribution in [0.5, 0.6) is 0 Å². The smallest absolute Gasteiger partial charge is 0.251 e. The molecular formula is C12H19N3O2. The monoisotopic (exact) mass is 237 g/mol. The molecule has 5 heteroatoms. The Morgan fingerprint density at radius 2 is 2.00 bits per heavy atom. The molecule has 0 radical (unpaired) electrons. The van der Waals surface area contributed by atoms with Crippen molar-refractivity contribution in [1.29, 1.82) is 0 Å². The largest absolute Gasteiger partial charge is 0.385 e. The summed E-state index contributed by atoms with van der Waals surface area (Å²) in [5.74, 6) is 5.18. The zero-order chi connectivity index (χ0) is 12.5. The number of anilines is 1. The normalized spacial score (nSPS) is 10.0. The van der Waals surface area contributed by atoms with E-state index in [1.165, 1.54) is 0 Å². The summed E-state index contributed by atoms with van der Waals surface area (Å²) >= 11 is 0. The molecule has 0 spiro atoms. The van der Waals surface area contributed by atoms with Gasteiger partial charge in [0.05, 0.1) is 0 Å². The highest BCUT2D eigenvalue weighted by Crippen LogP contribution is 2.07. The Morgan fingerprint density at radius 1 is 1.29 bits per heavy atom. The Hall–Kier alpha value is -1.59. The Labute approximate surface area is 101 Å². The summed E-state index contributed by atoms with van der Waals surface area (Å²) in [5, 5.41) is 2.85. The molecule has 0 atom stereocenters. The number of amides is 1. The summed E-state index contributed by atoms with van der Waals surface area (Å²) in [7, 11) is 1.67. The zero-order valence-corrected chi connectivity index (χ0v) is 10.0. The number of carbonyl (C=O) groups is 1. The lowest BCUT2D eigenvalue weighted by atomic mass is 10.2.